The highest BCUT2D eigenvalue weighted by Gasteiger charge is 2.34. The van der Waals surface area contributed by atoms with Crippen LogP contribution in [-0.2, 0) is 11.0 Å². The normalized spacial score (nSPS) is 14.7. The van der Waals surface area contributed by atoms with Crippen LogP contribution in [0, 0.1) is 0 Å². The van der Waals surface area contributed by atoms with Crippen molar-refractivity contribution >= 4 is 5.91 Å². The fourth-order valence-corrected chi connectivity index (χ4v) is 1.37. The van der Waals surface area contributed by atoms with Gasteiger partial charge in [0.1, 0.15) is 6.10 Å². The van der Waals surface area contributed by atoms with E-state index >= 15 is 0 Å². The molecule has 0 saturated carbocycles. The monoisotopic (exact) mass is 292 g/mol. The Balaban J connectivity index is 2.60. The summed E-state index contributed by atoms with van der Waals surface area (Å²) in [7, 11) is 1.39. The molecule has 2 atom stereocenters. The van der Waals surface area contributed by atoms with E-state index in [2.05, 4.69) is 20.6 Å². The van der Waals surface area contributed by atoms with Gasteiger partial charge in [-0.15, -0.1) is 0 Å². The highest BCUT2D eigenvalue weighted by atomic mass is 19.4. The molecule has 1 rings (SSSR count). The molecule has 0 saturated heterocycles. The van der Waals surface area contributed by atoms with Crippen molar-refractivity contribution in [3.05, 3.63) is 23.8 Å². The van der Waals surface area contributed by atoms with Gasteiger partial charge >= 0.3 is 6.18 Å². The Morgan fingerprint density at radius 2 is 1.95 bits per heavy atom. The van der Waals surface area contributed by atoms with Gasteiger partial charge in [0, 0.05) is 37.6 Å². The average Bonchev–Trinajstić information content (AvgIpc) is 2.42. The van der Waals surface area contributed by atoms with Crippen molar-refractivity contribution in [2.24, 2.45) is 0 Å². The van der Waals surface area contributed by atoms with Gasteiger partial charge in [-0.3, -0.25) is 4.79 Å². The minimum atomic E-state index is -4.58. The molecule has 0 aliphatic heterocycles. The first-order valence-electron chi connectivity index (χ1n) is 5.78. The molecule has 1 aromatic rings. The van der Waals surface area contributed by atoms with Gasteiger partial charge in [0.15, 0.2) is 0 Å². The largest absolute Gasteiger partial charge is 0.451 e. The Kier molecular flexibility index (Phi) is 5.40. The molecular weight excluding hydrogens is 277 g/mol. The lowest BCUT2D eigenvalue weighted by molar-refractivity contribution is -0.145. The molecular formula is C11H15F3N4O2. The zero-order valence-electron chi connectivity index (χ0n) is 10.9. The van der Waals surface area contributed by atoms with Gasteiger partial charge < -0.3 is 15.7 Å². The second-order valence-corrected chi connectivity index (χ2v) is 4.10. The van der Waals surface area contributed by atoms with Crippen LogP contribution in [0.5, 0.6) is 0 Å². The number of aliphatic hydroxyl groups is 1. The highest BCUT2D eigenvalue weighted by molar-refractivity contribution is 5.80. The third-order valence-electron chi connectivity index (χ3n) is 2.59. The number of amides is 1. The molecule has 20 heavy (non-hydrogen) atoms. The summed E-state index contributed by atoms with van der Waals surface area (Å²) in [5, 5.41) is 14.5. The summed E-state index contributed by atoms with van der Waals surface area (Å²) in [4.78, 5) is 17.5. The lowest BCUT2D eigenvalue weighted by atomic mass is 10.1. The predicted octanol–water partition coefficient (Wildman–Crippen LogP) is 0.253. The Morgan fingerprint density at radius 1 is 1.40 bits per heavy atom. The van der Waals surface area contributed by atoms with Crippen molar-refractivity contribution < 1.29 is 23.1 Å². The molecule has 0 aromatic carbocycles. The van der Waals surface area contributed by atoms with Crippen LogP contribution in [0.2, 0.25) is 0 Å². The van der Waals surface area contributed by atoms with Crippen molar-refractivity contribution in [1.29, 1.82) is 0 Å². The van der Waals surface area contributed by atoms with Crippen molar-refractivity contribution in [3.8, 4) is 0 Å². The first-order valence-corrected chi connectivity index (χ1v) is 5.78. The van der Waals surface area contributed by atoms with Crippen LogP contribution in [0.25, 0.3) is 0 Å². The minimum absolute atomic E-state index is 0.0398. The van der Waals surface area contributed by atoms with E-state index in [1.54, 1.807) is 6.92 Å². The summed E-state index contributed by atoms with van der Waals surface area (Å²) < 4.78 is 36.9. The van der Waals surface area contributed by atoms with Crippen LogP contribution >= 0.6 is 0 Å². The topological polar surface area (TPSA) is 87.1 Å². The summed E-state index contributed by atoms with van der Waals surface area (Å²) in [6.45, 7) is 1.62. The first-order chi connectivity index (χ1) is 9.25. The van der Waals surface area contributed by atoms with E-state index in [1.807, 2.05) is 0 Å². The van der Waals surface area contributed by atoms with Crippen molar-refractivity contribution in [1.82, 2.24) is 20.6 Å². The maximum Gasteiger partial charge on any atom is 0.451 e. The number of likely N-dealkylation sites (N-methyl/N-ethyl adjacent to an activating group) is 1. The molecule has 1 amide bonds. The first kappa shape index (κ1) is 16.3. The summed E-state index contributed by atoms with van der Waals surface area (Å²) in [5.74, 6) is -1.76. The van der Waals surface area contributed by atoms with Crippen molar-refractivity contribution in [3.63, 3.8) is 0 Å². The SMILES string of the molecule is CNC(=O)[C@H](O)CN[C@@H](C)c1cnc(C(F)(F)F)nc1. The number of alkyl halides is 3. The van der Waals surface area contributed by atoms with E-state index < -0.39 is 30.1 Å². The zero-order valence-corrected chi connectivity index (χ0v) is 10.9. The maximum absolute atomic E-state index is 12.3. The summed E-state index contributed by atoms with van der Waals surface area (Å²) in [5.41, 5.74) is 0.419. The van der Waals surface area contributed by atoms with Gasteiger partial charge in [-0.2, -0.15) is 13.2 Å². The summed E-state index contributed by atoms with van der Waals surface area (Å²) in [6, 6.07) is -0.406. The van der Waals surface area contributed by atoms with Gasteiger partial charge in [-0.25, -0.2) is 9.97 Å². The number of aromatic nitrogens is 2. The predicted molar refractivity (Wildman–Crippen MR) is 63.5 cm³/mol. The molecule has 0 aliphatic carbocycles. The second-order valence-electron chi connectivity index (χ2n) is 4.10. The Hall–Kier alpha value is -1.74. The van der Waals surface area contributed by atoms with Crippen LogP contribution in [0.4, 0.5) is 13.2 Å². The number of halogens is 3. The third kappa shape index (κ3) is 4.42. The standard InChI is InChI=1S/C11H15F3N4O2/c1-6(16-5-8(19)9(20)15-2)7-3-17-10(18-4-7)11(12,13)14/h3-4,6,8,16,19H,5H2,1-2H3,(H,15,20)/t6-,8+/m0/s1. The number of carbonyl (C=O) groups is 1. The number of nitrogens with one attached hydrogen (secondary N) is 2. The van der Waals surface area contributed by atoms with Crippen LogP contribution < -0.4 is 10.6 Å². The van der Waals surface area contributed by atoms with Gasteiger partial charge in [0.25, 0.3) is 0 Å². The number of rotatable bonds is 5. The highest BCUT2D eigenvalue weighted by Crippen LogP contribution is 2.25. The van der Waals surface area contributed by atoms with Crippen LogP contribution in [0.1, 0.15) is 24.4 Å². The fraction of sp³-hybridized carbons (Fsp3) is 0.545. The van der Waals surface area contributed by atoms with E-state index in [-0.39, 0.29) is 6.54 Å². The van der Waals surface area contributed by atoms with E-state index in [4.69, 9.17) is 0 Å². The quantitative estimate of drug-likeness (QED) is 0.724. The molecule has 0 radical (unpaired) electrons. The number of hydrogen-bond acceptors (Lipinski definition) is 5. The summed E-state index contributed by atoms with van der Waals surface area (Å²) >= 11 is 0. The Morgan fingerprint density at radius 3 is 2.40 bits per heavy atom. The van der Waals surface area contributed by atoms with Crippen LogP contribution in [0.3, 0.4) is 0 Å². The van der Waals surface area contributed by atoms with Gasteiger partial charge in [0.05, 0.1) is 0 Å². The van der Waals surface area contributed by atoms with E-state index in [9.17, 15) is 23.1 Å². The van der Waals surface area contributed by atoms with Crippen LogP contribution in [-0.4, -0.2) is 40.7 Å². The number of carbonyl (C=O) groups excluding carboxylic acids is 1. The second kappa shape index (κ2) is 6.62. The average molecular weight is 292 g/mol. The van der Waals surface area contributed by atoms with E-state index in [1.165, 1.54) is 7.05 Å². The van der Waals surface area contributed by atoms with Crippen molar-refractivity contribution in [2.45, 2.75) is 25.2 Å². The van der Waals surface area contributed by atoms with E-state index in [0.717, 1.165) is 12.4 Å². The Bertz CT molecular complexity index is 450. The zero-order chi connectivity index (χ0) is 15.3. The number of nitrogens with zero attached hydrogens (tertiary/aromatic N) is 2. The molecule has 3 N–H and O–H groups in total. The van der Waals surface area contributed by atoms with Gasteiger partial charge in [-0.05, 0) is 6.92 Å². The fourth-order valence-electron chi connectivity index (χ4n) is 1.37. The van der Waals surface area contributed by atoms with Gasteiger partial charge in [0.2, 0.25) is 11.7 Å². The molecule has 0 unspecified atom stereocenters. The van der Waals surface area contributed by atoms with E-state index in [0.29, 0.717) is 5.56 Å². The maximum atomic E-state index is 12.3. The van der Waals surface area contributed by atoms with Crippen LogP contribution in [0.15, 0.2) is 12.4 Å². The molecule has 0 spiro atoms. The van der Waals surface area contributed by atoms with Gasteiger partial charge in [-0.1, -0.05) is 0 Å². The Labute approximate surface area is 113 Å². The molecule has 0 bridgehead atoms. The molecule has 0 fully saturated rings. The van der Waals surface area contributed by atoms with Crippen molar-refractivity contribution in [2.75, 3.05) is 13.6 Å². The molecule has 1 aromatic heterocycles. The smallest absolute Gasteiger partial charge is 0.382 e. The lowest BCUT2D eigenvalue weighted by Crippen LogP contribution is -2.40. The third-order valence-corrected chi connectivity index (χ3v) is 2.59. The lowest BCUT2D eigenvalue weighted by Gasteiger charge is -2.16. The molecule has 112 valence electrons. The molecule has 0 aliphatic rings. The molecule has 1 heterocycles. The molecule has 9 heteroatoms. The minimum Gasteiger partial charge on any atom is -0.382 e. The molecule has 6 nitrogen and oxygen atoms in total. The number of hydrogen-bond donors (Lipinski definition) is 3. The number of aliphatic hydroxyl groups excluding tert-OH is 1. The summed E-state index contributed by atoms with van der Waals surface area (Å²) in [6.07, 6.45) is -3.71.